The molecule has 5 aromatic rings. The number of amides is 1. The molecule has 1 amide bonds. The number of thiophene rings is 1. The molecule has 190 valence electrons. The molecule has 1 saturated carbocycles. The zero-order chi connectivity index (χ0) is 26.1. The van der Waals surface area contributed by atoms with E-state index in [1.165, 1.54) is 16.0 Å². The topological polar surface area (TPSA) is 112 Å². The van der Waals surface area contributed by atoms with E-state index in [0.717, 1.165) is 63.8 Å². The quantitative estimate of drug-likeness (QED) is 0.171. The van der Waals surface area contributed by atoms with Crippen LogP contribution in [0.4, 0.5) is 0 Å². The molecule has 4 aromatic heterocycles. The molecular formula is C30H28N6OS. The summed E-state index contributed by atoms with van der Waals surface area (Å²) in [6.07, 6.45) is 10.7. The Morgan fingerprint density at radius 1 is 1.18 bits per heavy atom. The van der Waals surface area contributed by atoms with Crippen molar-refractivity contribution in [1.82, 2.24) is 25.5 Å². The number of nitrogens with one attached hydrogen (secondary N) is 3. The van der Waals surface area contributed by atoms with Crippen molar-refractivity contribution < 1.29 is 4.79 Å². The molecular weight excluding hydrogens is 492 g/mol. The number of aromatic nitrogens is 4. The molecule has 1 aliphatic carbocycles. The fourth-order valence-electron chi connectivity index (χ4n) is 4.60. The number of carbonyl (C=O) groups excluding carboxylic acids is 1. The van der Waals surface area contributed by atoms with Crippen molar-refractivity contribution in [2.75, 3.05) is 0 Å². The van der Waals surface area contributed by atoms with E-state index >= 15 is 0 Å². The first-order valence-electron chi connectivity index (χ1n) is 12.8. The van der Waals surface area contributed by atoms with Crippen LogP contribution in [0.25, 0.3) is 49.3 Å². The third-order valence-corrected chi connectivity index (χ3v) is 7.52. The minimum atomic E-state index is -0.000881. The van der Waals surface area contributed by atoms with Crippen LogP contribution in [0.2, 0.25) is 0 Å². The number of hydrogen-bond acceptors (Lipinski definition) is 5. The lowest BCUT2D eigenvalue weighted by Crippen LogP contribution is -2.21. The number of benzene rings is 1. The van der Waals surface area contributed by atoms with Gasteiger partial charge in [0.25, 0.3) is 0 Å². The van der Waals surface area contributed by atoms with Crippen LogP contribution >= 0.6 is 11.3 Å². The van der Waals surface area contributed by atoms with Gasteiger partial charge in [-0.25, -0.2) is 4.98 Å². The number of hydrogen-bond donors (Lipinski definition) is 4. The number of fused-ring (bicyclic) bond motifs is 2. The summed E-state index contributed by atoms with van der Waals surface area (Å²) in [5, 5.41) is 14.8. The van der Waals surface area contributed by atoms with Crippen molar-refractivity contribution in [3.63, 3.8) is 0 Å². The molecule has 4 heterocycles. The number of H-pyrrole nitrogens is 2. The highest BCUT2D eigenvalue weighted by atomic mass is 32.1. The van der Waals surface area contributed by atoms with Gasteiger partial charge in [-0.3, -0.25) is 9.89 Å². The number of aromatic amines is 2. The molecule has 5 N–H and O–H groups in total. The molecule has 0 atom stereocenters. The fourth-order valence-corrected chi connectivity index (χ4v) is 5.36. The summed E-state index contributed by atoms with van der Waals surface area (Å²) in [6, 6.07) is 14.7. The average molecular weight is 521 g/mol. The van der Waals surface area contributed by atoms with Gasteiger partial charge in [0.15, 0.2) is 5.65 Å². The largest absolute Gasteiger partial charge is 0.404 e. The molecule has 6 rings (SSSR count). The summed E-state index contributed by atoms with van der Waals surface area (Å²) in [6.45, 7) is 1.99. The summed E-state index contributed by atoms with van der Waals surface area (Å²) in [5.41, 5.74) is 14.4. The molecule has 1 aliphatic rings. The van der Waals surface area contributed by atoms with Gasteiger partial charge in [0, 0.05) is 62.4 Å². The van der Waals surface area contributed by atoms with Gasteiger partial charge < -0.3 is 16.0 Å². The monoisotopic (exact) mass is 520 g/mol. The lowest BCUT2D eigenvalue weighted by atomic mass is 10.0. The Hall–Kier alpha value is -4.43. The first kappa shape index (κ1) is 23.9. The summed E-state index contributed by atoms with van der Waals surface area (Å²) >= 11 is 1.73. The van der Waals surface area contributed by atoms with Crippen LogP contribution in [-0.2, 0) is 4.79 Å². The van der Waals surface area contributed by atoms with E-state index in [1.807, 2.05) is 25.1 Å². The van der Waals surface area contributed by atoms with Gasteiger partial charge in [0.2, 0.25) is 5.91 Å². The first-order chi connectivity index (χ1) is 18.6. The maximum Gasteiger partial charge on any atom is 0.224 e. The number of nitrogens with two attached hydrogens (primary N) is 1. The average Bonchev–Trinajstić information content (AvgIpc) is 3.29. The number of pyridine rings is 1. The number of allylic oxidation sites excluding steroid dienone is 4. The predicted molar refractivity (Wildman–Crippen MR) is 155 cm³/mol. The van der Waals surface area contributed by atoms with E-state index in [9.17, 15) is 4.79 Å². The van der Waals surface area contributed by atoms with Crippen LogP contribution < -0.4 is 11.1 Å². The maximum atomic E-state index is 12.3. The van der Waals surface area contributed by atoms with Crippen molar-refractivity contribution in [3.8, 4) is 21.8 Å². The Morgan fingerprint density at radius 2 is 2.08 bits per heavy atom. The molecule has 0 unspecified atom stereocenters. The third kappa shape index (κ3) is 4.78. The van der Waals surface area contributed by atoms with Crippen molar-refractivity contribution in [2.45, 2.75) is 32.6 Å². The lowest BCUT2D eigenvalue weighted by molar-refractivity contribution is -0.120. The number of carbonyl (C=O) groups is 1. The smallest absolute Gasteiger partial charge is 0.224 e. The molecule has 0 aliphatic heterocycles. The molecule has 7 nitrogen and oxygen atoms in total. The molecule has 0 radical (unpaired) electrons. The summed E-state index contributed by atoms with van der Waals surface area (Å²) in [5.74, 6) is -0.000881. The molecule has 0 spiro atoms. The fraction of sp³-hybridized carbons (Fsp3) is 0.167. The van der Waals surface area contributed by atoms with Crippen LogP contribution in [0.1, 0.15) is 38.2 Å². The normalized spacial score (nSPS) is 13.9. The van der Waals surface area contributed by atoms with Gasteiger partial charge >= 0.3 is 0 Å². The summed E-state index contributed by atoms with van der Waals surface area (Å²) in [4.78, 5) is 21.7. The van der Waals surface area contributed by atoms with Crippen molar-refractivity contribution in [1.29, 1.82) is 0 Å². The summed E-state index contributed by atoms with van der Waals surface area (Å²) in [7, 11) is 0. The molecule has 0 saturated heterocycles. The van der Waals surface area contributed by atoms with Gasteiger partial charge in [0.05, 0.1) is 11.4 Å². The molecule has 1 aromatic carbocycles. The van der Waals surface area contributed by atoms with Gasteiger partial charge in [-0.1, -0.05) is 30.7 Å². The highest BCUT2D eigenvalue weighted by Crippen LogP contribution is 2.36. The van der Waals surface area contributed by atoms with E-state index in [1.54, 1.807) is 23.7 Å². The van der Waals surface area contributed by atoms with Crippen LogP contribution in [0.15, 0.2) is 83.7 Å². The van der Waals surface area contributed by atoms with Crippen LogP contribution in [0, 0.1) is 0 Å². The van der Waals surface area contributed by atoms with Crippen LogP contribution in [-0.4, -0.2) is 26.1 Å². The standard InChI is InChI=1S/C30H28N6OS/c1-2-5-28(37)33-21(12-18-9-10-18)13-19(16-31)20-14-24-29(35-36-30(24)32-17-20)26-15-23-22(27-8-4-11-38-27)6-3-7-25(23)34-26/h3-4,6-8,11-17,34H,2,5,9-10,31H2,1H3,(H,33,37)(H,32,35,36)/b19-16+,21-13+. The van der Waals surface area contributed by atoms with Crippen molar-refractivity contribution in [3.05, 3.63) is 89.2 Å². The SMILES string of the molecule is CCCC(=O)N/C(C=C1CC1)=C/C(=C\N)c1cnc2n[nH]c(-c3cc4c(-c5cccs5)cccc4[nH]3)c2c1. The molecule has 38 heavy (non-hydrogen) atoms. The minimum absolute atomic E-state index is 0.000881. The highest BCUT2D eigenvalue weighted by Gasteiger charge is 2.16. The van der Waals surface area contributed by atoms with Crippen molar-refractivity contribution in [2.24, 2.45) is 5.73 Å². The van der Waals surface area contributed by atoms with E-state index < -0.39 is 0 Å². The van der Waals surface area contributed by atoms with Crippen molar-refractivity contribution >= 4 is 44.8 Å². The van der Waals surface area contributed by atoms with Gasteiger partial charge in [-0.15, -0.1) is 11.3 Å². The Bertz CT molecular complexity index is 1730. The Balaban J connectivity index is 1.39. The van der Waals surface area contributed by atoms with E-state index in [-0.39, 0.29) is 5.91 Å². The lowest BCUT2D eigenvalue weighted by Gasteiger charge is -2.08. The van der Waals surface area contributed by atoms with Gasteiger partial charge in [0.1, 0.15) is 0 Å². The molecule has 8 heteroatoms. The van der Waals surface area contributed by atoms with Gasteiger partial charge in [-0.05, 0) is 61.1 Å². The van der Waals surface area contributed by atoms with Crippen LogP contribution in [0.5, 0.6) is 0 Å². The van der Waals surface area contributed by atoms with Crippen LogP contribution in [0.3, 0.4) is 0 Å². The molecule has 1 fully saturated rings. The zero-order valence-corrected chi connectivity index (χ0v) is 21.9. The Morgan fingerprint density at radius 3 is 2.84 bits per heavy atom. The second kappa shape index (κ2) is 10.1. The third-order valence-electron chi connectivity index (χ3n) is 6.61. The Labute approximate surface area is 224 Å². The minimum Gasteiger partial charge on any atom is -0.404 e. The van der Waals surface area contributed by atoms with E-state index in [0.29, 0.717) is 12.1 Å². The Kier molecular flexibility index (Phi) is 6.39. The zero-order valence-electron chi connectivity index (χ0n) is 21.0. The van der Waals surface area contributed by atoms with Gasteiger partial charge in [-0.2, -0.15) is 5.10 Å². The predicted octanol–water partition coefficient (Wildman–Crippen LogP) is 6.65. The second-order valence-corrected chi connectivity index (χ2v) is 10.4. The van der Waals surface area contributed by atoms with E-state index in [4.69, 9.17) is 5.73 Å². The molecule has 0 bridgehead atoms. The summed E-state index contributed by atoms with van der Waals surface area (Å²) < 4.78 is 0. The second-order valence-electron chi connectivity index (χ2n) is 9.44. The number of nitrogens with zero attached hydrogens (tertiary/aromatic N) is 2. The number of rotatable bonds is 8. The maximum absolute atomic E-state index is 12.3. The highest BCUT2D eigenvalue weighted by molar-refractivity contribution is 7.13. The first-order valence-corrected chi connectivity index (χ1v) is 13.6. The van der Waals surface area contributed by atoms with E-state index in [2.05, 4.69) is 67.3 Å².